The molecule has 0 saturated carbocycles. The second-order valence-electron chi connectivity index (χ2n) is 4.87. The van der Waals surface area contributed by atoms with Crippen LogP contribution in [0, 0.1) is 0 Å². The predicted molar refractivity (Wildman–Crippen MR) is 78.1 cm³/mol. The third-order valence-corrected chi connectivity index (χ3v) is 4.68. The van der Waals surface area contributed by atoms with E-state index in [1.165, 1.54) is 6.42 Å². The van der Waals surface area contributed by atoms with Crippen LogP contribution in [-0.4, -0.2) is 31.0 Å². The first-order chi connectivity index (χ1) is 9.28. The predicted octanol–water partition coefficient (Wildman–Crippen LogP) is 3.54. The van der Waals surface area contributed by atoms with Crippen LogP contribution in [0.4, 0.5) is 0 Å². The van der Waals surface area contributed by atoms with Crippen molar-refractivity contribution in [1.82, 2.24) is 4.90 Å². The Balaban J connectivity index is 1.89. The number of amides is 1. The molecule has 1 aromatic carbocycles. The number of benzene rings is 1. The molecule has 1 fully saturated rings. The zero-order chi connectivity index (χ0) is 13.2. The van der Waals surface area contributed by atoms with Gasteiger partial charge in [0.05, 0.1) is 12.0 Å². The van der Waals surface area contributed by atoms with Crippen LogP contribution in [-0.2, 0) is 0 Å². The lowest BCUT2D eigenvalue weighted by Gasteiger charge is -2.26. The molecular weight excluding hydrogens is 258 g/mol. The van der Waals surface area contributed by atoms with Gasteiger partial charge in [-0.25, -0.2) is 0 Å². The van der Waals surface area contributed by atoms with Crippen LogP contribution >= 0.6 is 11.3 Å². The van der Waals surface area contributed by atoms with Crippen molar-refractivity contribution in [3.05, 3.63) is 29.1 Å². The molecule has 3 rings (SSSR count). The van der Waals surface area contributed by atoms with Crippen molar-refractivity contribution >= 4 is 27.3 Å². The largest absolute Gasteiger partial charge is 0.497 e. The van der Waals surface area contributed by atoms with Gasteiger partial charge in [0, 0.05) is 17.8 Å². The highest BCUT2D eigenvalue weighted by Gasteiger charge is 2.20. The molecule has 1 aliphatic heterocycles. The van der Waals surface area contributed by atoms with Crippen molar-refractivity contribution in [2.24, 2.45) is 0 Å². The average Bonchev–Trinajstić information content (AvgIpc) is 2.90. The summed E-state index contributed by atoms with van der Waals surface area (Å²) in [6, 6.07) is 7.93. The molecule has 2 aromatic rings. The van der Waals surface area contributed by atoms with E-state index in [9.17, 15) is 4.79 Å². The molecule has 2 heterocycles. The van der Waals surface area contributed by atoms with Crippen LogP contribution in [0.1, 0.15) is 28.9 Å². The minimum atomic E-state index is 0.180. The number of hydrogen-bond donors (Lipinski definition) is 0. The van der Waals surface area contributed by atoms with E-state index in [4.69, 9.17) is 4.74 Å². The van der Waals surface area contributed by atoms with E-state index in [0.29, 0.717) is 0 Å². The third kappa shape index (κ3) is 2.45. The van der Waals surface area contributed by atoms with Crippen molar-refractivity contribution in [3.63, 3.8) is 0 Å². The fraction of sp³-hybridized carbons (Fsp3) is 0.400. The minimum Gasteiger partial charge on any atom is -0.497 e. The first-order valence-electron chi connectivity index (χ1n) is 6.65. The summed E-state index contributed by atoms with van der Waals surface area (Å²) in [5.74, 6) is 1.02. The molecule has 1 aliphatic rings. The number of methoxy groups -OCH3 is 1. The molecule has 0 N–H and O–H groups in total. The van der Waals surface area contributed by atoms with Crippen LogP contribution in [0.2, 0.25) is 0 Å². The van der Waals surface area contributed by atoms with E-state index in [1.807, 2.05) is 29.2 Å². The first-order valence-corrected chi connectivity index (χ1v) is 7.46. The van der Waals surface area contributed by atoms with Gasteiger partial charge in [0.1, 0.15) is 5.75 Å². The molecule has 0 spiro atoms. The Morgan fingerprint density at radius 3 is 2.74 bits per heavy atom. The van der Waals surface area contributed by atoms with Crippen LogP contribution in [0.5, 0.6) is 5.75 Å². The number of hydrogen-bond acceptors (Lipinski definition) is 3. The van der Waals surface area contributed by atoms with Crippen LogP contribution < -0.4 is 4.74 Å². The molecular formula is C15H17NO2S. The summed E-state index contributed by atoms with van der Waals surface area (Å²) in [6.07, 6.45) is 3.50. The zero-order valence-electron chi connectivity index (χ0n) is 11.0. The van der Waals surface area contributed by atoms with Crippen molar-refractivity contribution < 1.29 is 9.53 Å². The number of fused-ring (bicyclic) bond motifs is 1. The smallest absolute Gasteiger partial charge is 0.263 e. The summed E-state index contributed by atoms with van der Waals surface area (Å²) in [5, 5.41) is 1.09. The SMILES string of the molecule is COc1ccc2sc(C(=O)N3CCCCC3)cc2c1. The number of ether oxygens (including phenoxy) is 1. The number of likely N-dealkylation sites (tertiary alicyclic amines) is 1. The van der Waals surface area contributed by atoms with Gasteiger partial charge in [0.25, 0.3) is 5.91 Å². The second-order valence-corrected chi connectivity index (χ2v) is 5.95. The summed E-state index contributed by atoms with van der Waals surface area (Å²) in [6.45, 7) is 1.80. The quantitative estimate of drug-likeness (QED) is 0.839. The van der Waals surface area contributed by atoms with Crippen LogP contribution in [0.3, 0.4) is 0 Å². The number of thiophene rings is 1. The maximum absolute atomic E-state index is 12.4. The Morgan fingerprint density at radius 1 is 1.21 bits per heavy atom. The molecule has 19 heavy (non-hydrogen) atoms. The van der Waals surface area contributed by atoms with Gasteiger partial charge in [-0.15, -0.1) is 11.3 Å². The van der Waals surface area contributed by atoms with Crippen molar-refractivity contribution in [3.8, 4) is 5.75 Å². The maximum Gasteiger partial charge on any atom is 0.263 e. The Labute approximate surface area is 116 Å². The average molecular weight is 275 g/mol. The molecule has 1 amide bonds. The first kappa shape index (κ1) is 12.5. The number of piperidine rings is 1. The fourth-order valence-corrected chi connectivity index (χ4v) is 3.52. The van der Waals surface area contributed by atoms with Crippen LogP contribution in [0.15, 0.2) is 24.3 Å². The normalized spacial score (nSPS) is 15.7. The van der Waals surface area contributed by atoms with Gasteiger partial charge in [-0.05, 0) is 48.9 Å². The summed E-state index contributed by atoms with van der Waals surface area (Å²) in [7, 11) is 1.66. The second kappa shape index (κ2) is 5.21. The van der Waals surface area contributed by atoms with Crippen molar-refractivity contribution in [1.29, 1.82) is 0 Å². The van der Waals surface area contributed by atoms with Gasteiger partial charge in [-0.3, -0.25) is 4.79 Å². The van der Waals surface area contributed by atoms with Gasteiger partial charge in [-0.1, -0.05) is 0 Å². The van der Waals surface area contributed by atoms with Crippen molar-refractivity contribution in [2.75, 3.05) is 20.2 Å². The van der Waals surface area contributed by atoms with Gasteiger partial charge in [0.15, 0.2) is 0 Å². The zero-order valence-corrected chi connectivity index (χ0v) is 11.8. The van der Waals surface area contributed by atoms with Gasteiger partial charge in [-0.2, -0.15) is 0 Å². The number of nitrogens with zero attached hydrogens (tertiary/aromatic N) is 1. The molecule has 100 valence electrons. The van der Waals surface area contributed by atoms with E-state index >= 15 is 0 Å². The molecule has 0 bridgehead atoms. The molecule has 0 atom stereocenters. The van der Waals surface area contributed by atoms with Crippen molar-refractivity contribution in [2.45, 2.75) is 19.3 Å². The van der Waals surface area contributed by atoms with E-state index in [0.717, 1.165) is 46.6 Å². The Kier molecular flexibility index (Phi) is 3.42. The Bertz CT molecular complexity index is 599. The highest BCUT2D eigenvalue weighted by Crippen LogP contribution is 2.30. The minimum absolute atomic E-state index is 0.180. The van der Waals surface area contributed by atoms with E-state index in [2.05, 4.69) is 0 Å². The fourth-order valence-electron chi connectivity index (χ4n) is 2.51. The Hall–Kier alpha value is -1.55. The summed E-state index contributed by atoms with van der Waals surface area (Å²) >= 11 is 1.57. The highest BCUT2D eigenvalue weighted by molar-refractivity contribution is 7.20. The van der Waals surface area contributed by atoms with Gasteiger partial charge in [0.2, 0.25) is 0 Å². The molecule has 1 saturated heterocycles. The lowest BCUT2D eigenvalue weighted by molar-refractivity contribution is 0.0729. The monoisotopic (exact) mass is 275 g/mol. The molecule has 0 unspecified atom stereocenters. The Morgan fingerprint density at radius 2 is 2.00 bits per heavy atom. The molecule has 0 radical (unpaired) electrons. The topological polar surface area (TPSA) is 29.5 Å². The maximum atomic E-state index is 12.4. The number of rotatable bonds is 2. The third-order valence-electron chi connectivity index (χ3n) is 3.58. The van der Waals surface area contributed by atoms with E-state index < -0.39 is 0 Å². The highest BCUT2D eigenvalue weighted by atomic mass is 32.1. The summed E-state index contributed by atoms with van der Waals surface area (Å²) in [4.78, 5) is 15.2. The summed E-state index contributed by atoms with van der Waals surface area (Å²) < 4.78 is 6.36. The summed E-state index contributed by atoms with van der Waals surface area (Å²) in [5.41, 5.74) is 0. The molecule has 1 aromatic heterocycles. The molecule has 3 nitrogen and oxygen atoms in total. The lowest BCUT2D eigenvalue weighted by Crippen LogP contribution is -2.35. The van der Waals surface area contributed by atoms with Crippen LogP contribution in [0.25, 0.3) is 10.1 Å². The van der Waals surface area contributed by atoms with Gasteiger partial charge >= 0.3 is 0 Å². The van der Waals surface area contributed by atoms with E-state index in [1.54, 1.807) is 18.4 Å². The lowest BCUT2D eigenvalue weighted by atomic mass is 10.1. The molecule has 0 aliphatic carbocycles. The molecule has 4 heteroatoms. The van der Waals surface area contributed by atoms with E-state index in [-0.39, 0.29) is 5.91 Å². The number of carbonyl (C=O) groups is 1. The van der Waals surface area contributed by atoms with Gasteiger partial charge < -0.3 is 9.64 Å². The number of carbonyl (C=O) groups excluding carboxylic acids is 1. The standard InChI is InChI=1S/C15H17NO2S/c1-18-12-5-6-13-11(9-12)10-14(19-13)15(17)16-7-3-2-4-8-16/h5-6,9-10H,2-4,7-8H2,1H3.